The van der Waals surface area contributed by atoms with E-state index in [0.717, 1.165) is 18.2 Å². The molecule has 1 aromatic heterocycles. The van der Waals surface area contributed by atoms with Crippen molar-refractivity contribution in [1.29, 1.82) is 0 Å². The van der Waals surface area contributed by atoms with Crippen molar-refractivity contribution < 1.29 is 13.5 Å². The summed E-state index contributed by atoms with van der Waals surface area (Å²) in [7, 11) is 0. The molecule has 2 aromatic rings. The van der Waals surface area contributed by atoms with Crippen LogP contribution in [-0.2, 0) is 6.54 Å². The molecule has 0 radical (unpaired) electrons. The second kappa shape index (κ2) is 4.79. The number of rotatable bonds is 3. The predicted molar refractivity (Wildman–Crippen MR) is 59.8 cm³/mol. The molecule has 1 heterocycles. The first kappa shape index (κ1) is 12.0. The molecule has 0 bridgehead atoms. The molecule has 7 heteroatoms. The van der Waals surface area contributed by atoms with Crippen molar-refractivity contribution in [2.45, 2.75) is 13.5 Å². The molecule has 0 amide bonds. The van der Waals surface area contributed by atoms with Crippen molar-refractivity contribution >= 4 is 15.9 Å². The SMILES string of the molecule is CCn1nc(Br)nc1Oc1cc(F)cc(F)c1. The van der Waals surface area contributed by atoms with Crippen LogP contribution in [0, 0.1) is 11.6 Å². The van der Waals surface area contributed by atoms with Crippen molar-refractivity contribution in [2.75, 3.05) is 0 Å². The Kier molecular flexibility index (Phi) is 3.37. The summed E-state index contributed by atoms with van der Waals surface area (Å²) in [6.45, 7) is 2.38. The van der Waals surface area contributed by atoms with Crippen LogP contribution in [0.25, 0.3) is 0 Å². The highest BCUT2D eigenvalue weighted by Gasteiger charge is 2.10. The van der Waals surface area contributed by atoms with Gasteiger partial charge in [-0.05, 0) is 22.9 Å². The van der Waals surface area contributed by atoms with E-state index in [9.17, 15) is 8.78 Å². The van der Waals surface area contributed by atoms with Gasteiger partial charge in [0.15, 0.2) is 0 Å². The van der Waals surface area contributed by atoms with E-state index in [-0.39, 0.29) is 11.8 Å². The zero-order valence-corrected chi connectivity index (χ0v) is 10.4. The fourth-order valence-electron chi connectivity index (χ4n) is 1.28. The van der Waals surface area contributed by atoms with E-state index < -0.39 is 11.6 Å². The highest BCUT2D eigenvalue weighted by atomic mass is 79.9. The van der Waals surface area contributed by atoms with Gasteiger partial charge in [0.25, 0.3) is 0 Å². The van der Waals surface area contributed by atoms with Crippen LogP contribution in [0.5, 0.6) is 11.8 Å². The van der Waals surface area contributed by atoms with Gasteiger partial charge in [0, 0.05) is 24.7 Å². The third-order valence-corrected chi connectivity index (χ3v) is 2.29. The van der Waals surface area contributed by atoms with E-state index in [1.165, 1.54) is 4.68 Å². The maximum absolute atomic E-state index is 12.9. The Morgan fingerprint density at radius 2 is 1.94 bits per heavy atom. The third-order valence-electron chi connectivity index (χ3n) is 1.96. The molecule has 90 valence electrons. The molecule has 0 spiro atoms. The number of halogens is 3. The monoisotopic (exact) mass is 303 g/mol. The van der Waals surface area contributed by atoms with Crippen LogP contribution in [0.3, 0.4) is 0 Å². The number of benzene rings is 1. The van der Waals surface area contributed by atoms with Crippen LogP contribution in [0.15, 0.2) is 22.9 Å². The van der Waals surface area contributed by atoms with Gasteiger partial charge >= 0.3 is 6.01 Å². The highest BCUT2D eigenvalue weighted by molar-refractivity contribution is 9.10. The van der Waals surface area contributed by atoms with Gasteiger partial charge in [0.2, 0.25) is 4.73 Å². The van der Waals surface area contributed by atoms with E-state index in [1.54, 1.807) is 0 Å². The Morgan fingerprint density at radius 1 is 1.29 bits per heavy atom. The lowest BCUT2D eigenvalue weighted by atomic mass is 10.3. The highest BCUT2D eigenvalue weighted by Crippen LogP contribution is 2.22. The second-order valence-electron chi connectivity index (χ2n) is 3.19. The summed E-state index contributed by atoms with van der Waals surface area (Å²) in [6, 6.07) is 3.09. The fourth-order valence-corrected chi connectivity index (χ4v) is 1.62. The molecule has 0 saturated carbocycles. The summed E-state index contributed by atoms with van der Waals surface area (Å²) in [6.07, 6.45) is 0. The molecule has 2 rings (SSSR count). The molecular formula is C10H8BrF2N3O. The van der Waals surface area contributed by atoms with Crippen LogP contribution in [0.2, 0.25) is 0 Å². The van der Waals surface area contributed by atoms with Crippen molar-refractivity contribution in [3.63, 3.8) is 0 Å². The number of aromatic nitrogens is 3. The number of hydrogen-bond donors (Lipinski definition) is 0. The number of aryl methyl sites for hydroxylation is 1. The van der Waals surface area contributed by atoms with Crippen molar-refractivity contribution in [1.82, 2.24) is 14.8 Å². The Morgan fingerprint density at radius 3 is 2.53 bits per heavy atom. The smallest absolute Gasteiger partial charge is 0.321 e. The molecule has 1 aromatic carbocycles. The molecule has 0 aliphatic rings. The molecule has 0 fully saturated rings. The van der Waals surface area contributed by atoms with Crippen molar-refractivity contribution in [2.24, 2.45) is 0 Å². The van der Waals surface area contributed by atoms with Gasteiger partial charge in [-0.25, -0.2) is 13.5 Å². The quantitative estimate of drug-likeness (QED) is 0.874. The van der Waals surface area contributed by atoms with Crippen LogP contribution in [-0.4, -0.2) is 14.8 Å². The maximum atomic E-state index is 12.9. The summed E-state index contributed by atoms with van der Waals surface area (Å²) < 4.78 is 33.0. The van der Waals surface area contributed by atoms with Gasteiger partial charge in [0.1, 0.15) is 17.4 Å². The lowest BCUT2D eigenvalue weighted by Crippen LogP contribution is -2.00. The minimum Gasteiger partial charge on any atom is -0.424 e. The first-order valence-corrected chi connectivity index (χ1v) is 5.62. The van der Waals surface area contributed by atoms with Gasteiger partial charge in [-0.2, -0.15) is 4.98 Å². The minimum absolute atomic E-state index is 0.0390. The zero-order chi connectivity index (χ0) is 12.4. The lowest BCUT2D eigenvalue weighted by Gasteiger charge is -2.05. The normalized spacial score (nSPS) is 10.6. The Hall–Kier alpha value is -1.50. The van der Waals surface area contributed by atoms with E-state index >= 15 is 0 Å². The number of nitrogens with zero attached hydrogens (tertiary/aromatic N) is 3. The predicted octanol–water partition coefficient (Wildman–Crippen LogP) is 3.13. The van der Waals surface area contributed by atoms with Gasteiger partial charge < -0.3 is 4.74 Å². The molecule has 0 atom stereocenters. The van der Waals surface area contributed by atoms with E-state index in [1.807, 2.05) is 6.92 Å². The van der Waals surface area contributed by atoms with Gasteiger partial charge in [0.05, 0.1) is 0 Å². The van der Waals surface area contributed by atoms with E-state index in [4.69, 9.17) is 4.74 Å². The third kappa shape index (κ3) is 2.79. The van der Waals surface area contributed by atoms with Crippen LogP contribution in [0.1, 0.15) is 6.92 Å². The summed E-state index contributed by atoms with van der Waals surface area (Å²) in [4.78, 5) is 3.94. The number of hydrogen-bond acceptors (Lipinski definition) is 3. The van der Waals surface area contributed by atoms with E-state index in [2.05, 4.69) is 26.0 Å². The molecular weight excluding hydrogens is 296 g/mol. The molecule has 0 aliphatic heterocycles. The van der Waals surface area contributed by atoms with Gasteiger partial charge in [-0.15, -0.1) is 5.10 Å². The van der Waals surface area contributed by atoms with Gasteiger partial charge in [-0.1, -0.05) is 0 Å². The van der Waals surface area contributed by atoms with Crippen LogP contribution >= 0.6 is 15.9 Å². The molecule has 0 N–H and O–H groups in total. The van der Waals surface area contributed by atoms with Crippen LogP contribution < -0.4 is 4.74 Å². The fraction of sp³-hybridized carbons (Fsp3) is 0.200. The van der Waals surface area contributed by atoms with Crippen molar-refractivity contribution in [3.8, 4) is 11.8 Å². The first-order valence-electron chi connectivity index (χ1n) is 4.83. The Bertz CT molecular complexity index is 524. The lowest BCUT2D eigenvalue weighted by molar-refractivity contribution is 0.396. The molecule has 17 heavy (non-hydrogen) atoms. The summed E-state index contributed by atoms with van der Waals surface area (Å²) in [5.74, 6) is -1.37. The topological polar surface area (TPSA) is 39.9 Å². The standard InChI is InChI=1S/C10H8BrF2N3O/c1-2-16-10(14-9(11)15-16)17-8-4-6(12)3-7(13)5-8/h3-5H,2H2,1H3. The Labute approximate surface area is 104 Å². The summed E-state index contributed by atoms with van der Waals surface area (Å²) in [5, 5.41) is 3.98. The van der Waals surface area contributed by atoms with Crippen molar-refractivity contribution in [3.05, 3.63) is 34.6 Å². The second-order valence-corrected chi connectivity index (χ2v) is 3.90. The molecule has 0 aliphatic carbocycles. The van der Waals surface area contributed by atoms with Crippen LogP contribution in [0.4, 0.5) is 8.78 Å². The molecule has 4 nitrogen and oxygen atoms in total. The molecule has 0 unspecified atom stereocenters. The summed E-state index contributed by atoms with van der Waals surface area (Å²) >= 11 is 3.09. The summed E-state index contributed by atoms with van der Waals surface area (Å²) in [5.41, 5.74) is 0. The number of ether oxygens (including phenoxy) is 1. The first-order chi connectivity index (χ1) is 8.08. The average Bonchev–Trinajstić information content (AvgIpc) is 2.57. The largest absolute Gasteiger partial charge is 0.424 e. The van der Waals surface area contributed by atoms with Gasteiger partial charge in [-0.3, -0.25) is 0 Å². The maximum Gasteiger partial charge on any atom is 0.321 e. The molecule has 0 saturated heterocycles. The van der Waals surface area contributed by atoms with E-state index in [0.29, 0.717) is 11.3 Å². The zero-order valence-electron chi connectivity index (χ0n) is 8.82. The minimum atomic E-state index is -0.707. The Balaban J connectivity index is 2.30. The average molecular weight is 304 g/mol.